The maximum atomic E-state index is 13.1. The molecule has 29 heavy (non-hydrogen) atoms. The summed E-state index contributed by atoms with van der Waals surface area (Å²) < 4.78 is 0. The SMILES string of the molecule is CCCCNC(=O)[C@@H](CC)N(Cc1ccccc1)C(=O)CSc1ccc(Cl)cc1. The van der Waals surface area contributed by atoms with E-state index >= 15 is 0 Å². The van der Waals surface area contributed by atoms with E-state index in [1.165, 1.54) is 11.8 Å². The third-order valence-electron chi connectivity index (χ3n) is 4.59. The number of halogens is 1. The van der Waals surface area contributed by atoms with Crippen LogP contribution in [0.25, 0.3) is 0 Å². The highest BCUT2D eigenvalue weighted by atomic mass is 35.5. The van der Waals surface area contributed by atoms with Crippen LogP contribution in [0.4, 0.5) is 0 Å². The monoisotopic (exact) mass is 432 g/mol. The van der Waals surface area contributed by atoms with Gasteiger partial charge in [0.05, 0.1) is 5.75 Å². The average Bonchev–Trinajstić information content (AvgIpc) is 2.74. The number of nitrogens with zero attached hydrogens (tertiary/aromatic N) is 1. The minimum atomic E-state index is -0.481. The lowest BCUT2D eigenvalue weighted by Crippen LogP contribution is -2.49. The van der Waals surface area contributed by atoms with Crippen molar-refractivity contribution < 1.29 is 9.59 Å². The molecule has 4 nitrogen and oxygen atoms in total. The quantitative estimate of drug-likeness (QED) is 0.394. The van der Waals surface area contributed by atoms with Gasteiger partial charge in [-0.15, -0.1) is 11.8 Å². The molecule has 156 valence electrons. The third-order valence-corrected chi connectivity index (χ3v) is 5.84. The van der Waals surface area contributed by atoms with Crippen molar-refractivity contribution in [2.45, 2.75) is 50.6 Å². The average molecular weight is 433 g/mol. The molecule has 0 aliphatic heterocycles. The van der Waals surface area contributed by atoms with Crippen molar-refractivity contribution >= 4 is 35.2 Å². The van der Waals surface area contributed by atoms with E-state index in [1.807, 2.05) is 61.5 Å². The Balaban J connectivity index is 2.12. The summed E-state index contributed by atoms with van der Waals surface area (Å²) in [5, 5.41) is 3.65. The van der Waals surface area contributed by atoms with Gasteiger partial charge in [0.25, 0.3) is 0 Å². The van der Waals surface area contributed by atoms with Gasteiger partial charge in [0.2, 0.25) is 11.8 Å². The largest absolute Gasteiger partial charge is 0.354 e. The maximum absolute atomic E-state index is 13.1. The topological polar surface area (TPSA) is 49.4 Å². The standard InChI is InChI=1S/C23H29ClN2O2S/c1-3-5-15-25-23(28)21(4-2)26(16-18-9-7-6-8-10-18)22(27)17-29-20-13-11-19(24)12-14-20/h6-14,21H,3-5,15-17H2,1-2H3,(H,25,28)/t21-/m1/s1. The number of hydrogen-bond donors (Lipinski definition) is 1. The van der Waals surface area contributed by atoms with Gasteiger partial charge in [0.1, 0.15) is 6.04 Å². The Kier molecular flexibility index (Phi) is 10.1. The number of amides is 2. The van der Waals surface area contributed by atoms with Crippen molar-refractivity contribution in [1.82, 2.24) is 10.2 Å². The molecular formula is C23H29ClN2O2S. The second-order valence-electron chi connectivity index (χ2n) is 6.82. The molecule has 0 saturated carbocycles. The number of carbonyl (C=O) groups is 2. The van der Waals surface area contributed by atoms with E-state index in [0.29, 0.717) is 24.5 Å². The summed E-state index contributed by atoms with van der Waals surface area (Å²) in [7, 11) is 0. The van der Waals surface area contributed by atoms with Gasteiger partial charge in [-0.3, -0.25) is 9.59 Å². The van der Waals surface area contributed by atoms with Gasteiger partial charge in [-0.05, 0) is 42.7 Å². The molecule has 2 rings (SSSR count). The molecule has 1 N–H and O–H groups in total. The summed E-state index contributed by atoms with van der Waals surface area (Å²) in [4.78, 5) is 28.6. The fourth-order valence-corrected chi connectivity index (χ4v) is 3.88. The number of benzene rings is 2. The van der Waals surface area contributed by atoms with Crippen molar-refractivity contribution in [3.8, 4) is 0 Å². The molecule has 0 heterocycles. The first-order valence-electron chi connectivity index (χ1n) is 10.0. The fourth-order valence-electron chi connectivity index (χ4n) is 2.96. The summed E-state index contributed by atoms with van der Waals surface area (Å²) in [6, 6.07) is 16.7. The lowest BCUT2D eigenvalue weighted by molar-refractivity contribution is -0.139. The highest BCUT2D eigenvalue weighted by molar-refractivity contribution is 8.00. The number of thioether (sulfide) groups is 1. The summed E-state index contributed by atoms with van der Waals surface area (Å²) in [5.74, 6) is 0.140. The molecular weight excluding hydrogens is 404 g/mol. The van der Waals surface area contributed by atoms with Crippen molar-refractivity contribution in [2.75, 3.05) is 12.3 Å². The predicted octanol–water partition coefficient (Wildman–Crippen LogP) is 5.16. The van der Waals surface area contributed by atoms with Crippen LogP contribution in [0.15, 0.2) is 59.5 Å². The van der Waals surface area contributed by atoms with E-state index in [1.54, 1.807) is 4.90 Å². The highest BCUT2D eigenvalue weighted by Gasteiger charge is 2.28. The molecule has 0 unspecified atom stereocenters. The van der Waals surface area contributed by atoms with Gasteiger partial charge in [-0.1, -0.05) is 62.2 Å². The second kappa shape index (κ2) is 12.6. The molecule has 2 amide bonds. The lowest BCUT2D eigenvalue weighted by Gasteiger charge is -2.30. The Morgan fingerprint density at radius 1 is 1.07 bits per heavy atom. The molecule has 0 bridgehead atoms. The molecule has 0 aliphatic carbocycles. The molecule has 0 aromatic heterocycles. The number of unbranched alkanes of at least 4 members (excludes halogenated alkanes) is 1. The van der Waals surface area contributed by atoms with Gasteiger partial charge in [0.15, 0.2) is 0 Å². The molecule has 2 aromatic rings. The first kappa shape index (κ1) is 23.3. The van der Waals surface area contributed by atoms with Gasteiger partial charge in [-0.2, -0.15) is 0 Å². The zero-order valence-electron chi connectivity index (χ0n) is 17.1. The number of hydrogen-bond acceptors (Lipinski definition) is 3. The zero-order chi connectivity index (χ0) is 21.1. The molecule has 0 spiro atoms. The summed E-state index contributed by atoms with van der Waals surface area (Å²) in [5.41, 5.74) is 1.01. The van der Waals surface area contributed by atoms with E-state index in [9.17, 15) is 9.59 Å². The minimum Gasteiger partial charge on any atom is -0.354 e. The fraction of sp³-hybridized carbons (Fsp3) is 0.391. The molecule has 0 saturated heterocycles. The van der Waals surface area contributed by atoms with Gasteiger partial charge in [0, 0.05) is 23.0 Å². The van der Waals surface area contributed by atoms with Crippen LogP contribution in [0, 0.1) is 0 Å². The van der Waals surface area contributed by atoms with Gasteiger partial charge >= 0.3 is 0 Å². The number of rotatable bonds is 11. The van der Waals surface area contributed by atoms with Crippen LogP contribution in [-0.2, 0) is 16.1 Å². The first-order valence-corrected chi connectivity index (χ1v) is 11.4. The normalized spacial score (nSPS) is 11.7. The number of carbonyl (C=O) groups excluding carboxylic acids is 2. The molecule has 0 fully saturated rings. The summed E-state index contributed by atoms with van der Waals surface area (Å²) in [6.07, 6.45) is 2.52. The Labute approximate surface area is 183 Å². The van der Waals surface area contributed by atoms with Crippen LogP contribution in [0.1, 0.15) is 38.7 Å². The smallest absolute Gasteiger partial charge is 0.242 e. The molecule has 6 heteroatoms. The Morgan fingerprint density at radius 3 is 2.38 bits per heavy atom. The van der Waals surface area contributed by atoms with Crippen LogP contribution in [0.2, 0.25) is 5.02 Å². The van der Waals surface area contributed by atoms with E-state index in [4.69, 9.17) is 11.6 Å². The third kappa shape index (κ3) is 7.75. The first-order chi connectivity index (χ1) is 14.0. The molecule has 0 aliphatic rings. The van der Waals surface area contributed by atoms with E-state index in [-0.39, 0.29) is 17.6 Å². The van der Waals surface area contributed by atoms with Crippen molar-refractivity contribution in [3.05, 3.63) is 65.2 Å². The minimum absolute atomic E-state index is 0.0497. The van der Waals surface area contributed by atoms with Crippen LogP contribution in [-0.4, -0.2) is 35.1 Å². The van der Waals surface area contributed by atoms with Crippen LogP contribution >= 0.6 is 23.4 Å². The van der Waals surface area contributed by atoms with E-state index < -0.39 is 6.04 Å². The Morgan fingerprint density at radius 2 is 1.76 bits per heavy atom. The van der Waals surface area contributed by atoms with Crippen LogP contribution < -0.4 is 5.32 Å². The molecule has 0 radical (unpaired) electrons. The Hall–Kier alpha value is -1.98. The van der Waals surface area contributed by atoms with Crippen LogP contribution in [0.3, 0.4) is 0 Å². The van der Waals surface area contributed by atoms with E-state index in [0.717, 1.165) is 23.3 Å². The molecule has 1 atom stereocenters. The second-order valence-corrected chi connectivity index (χ2v) is 8.30. The van der Waals surface area contributed by atoms with E-state index in [2.05, 4.69) is 12.2 Å². The molecule has 2 aromatic carbocycles. The van der Waals surface area contributed by atoms with Crippen LogP contribution in [0.5, 0.6) is 0 Å². The maximum Gasteiger partial charge on any atom is 0.242 e. The van der Waals surface area contributed by atoms with Crippen molar-refractivity contribution in [2.24, 2.45) is 0 Å². The number of nitrogens with one attached hydrogen (secondary N) is 1. The summed E-state index contributed by atoms with van der Waals surface area (Å²) >= 11 is 7.39. The zero-order valence-corrected chi connectivity index (χ0v) is 18.6. The van der Waals surface area contributed by atoms with Gasteiger partial charge in [-0.25, -0.2) is 0 Å². The highest BCUT2D eigenvalue weighted by Crippen LogP contribution is 2.22. The van der Waals surface area contributed by atoms with Gasteiger partial charge < -0.3 is 10.2 Å². The Bertz CT molecular complexity index is 768. The lowest BCUT2D eigenvalue weighted by atomic mass is 10.1. The summed E-state index contributed by atoms with van der Waals surface area (Å²) in [6.45, 7) is 5.09. The van der Waals surface area contributed by atoms with Crippen molar-refractivity contribution in [3.63, 3.8) is 0 Å². The predicted molar refractivity (Wildman–Crippen MR) is 121 cm³/mol. The van der Waals surface area contributed by atoms with Crippen molar-refractivity contribution in [1.29, 1.82) is 0 Å².